The molecule has 0 bridgehead atoms. The van der Waals surface area contributed by atoms with Crippen LogP contribution in [0, 0.1) is 0 Å². The normalized spacial score (nSPS) is 23.6. The highest BCUT2D eigenvalue weighted by Gasteiger charge is 2.13. The first-order valence-corrected chi connectivity index (χ1v) is 3.81. The highest BCUT2D eigenvalue weighted by molar-refractivity contribution is 5.79. The first-order chi connectivity index (χ1) is 5.77. The lowest BCUT2D eigenvalue weighted by Gasteiger charge is -2.19. The van der Waals surface area contributed by atoms with E-state index in [-0.39, 0.29) is 6.03 Å². The van der Waals surface area contributed by atoms with Crippen LogP contribution < -0.4 is 10.6 Å². The first-order valence-electron chi connectivity index (χ1n) is 3.81. The van der Waals surface area contributed by atoms with Gasteiger partial charge < -0.3 is 10.6 Å². The summed E-state index contributed by atoms with van der Waals surface area (Å²) >= 11 is 0. The summed E-state index contributed by atoms with van der Waals surface area (Å²) in [5, 5.41) is 5.37. The Labute approximate surface area is 71.8 Å². The Balaban J connectivity index is 2.83. The minimum absolute atomic E-state index is 0.149. The van der Waals surface area contributed by atoms with E-state index in [9.17, 15) is 4.79 Å². The fourth-order valence-corrected chi connectivity index (χ4v) is 1.07. The van der Waals surface area contributed by atoms with Gasteiger partial charge in [-0.25, -0.2) is 4.79 Å². The van der Waals surface area contributed by atoms with Crippen molar-refractivity contribution in [3.05, 3.63) is 36.1 Å². The van der Waals surface area contributed by atoms with Gasteiger partial charge in [0.25, 0.3) is 0 Å². The van der Waals surface area contributed by atoms with Gasteiger partial charge in [-0.3, -0.25) is 0 Å². The predicted octanol–water partition coefficient (Wildman–Crippen LogP) is 1.32. The van der Waals surface area contributed by atoms with E-state index in [4.69, 9.17) is 0 Å². The third-order valence-electron chi connectivity index (χ3n) is 1.64. The summed E-state index contributed by atoms with van der Waals surface area (Å²) in [6, 6.07) is -0.149. The highest BCUT2D eigenvalue weighted by atomic mass is 16.2. The van der Waals surface area contributed by atoms with Gasteiger partial charge in [-0.2, -0.15) is 0 Å². The molecule has 1 saturated heterocycles. The van der Waals surface area contributed by atoms with E-state index < -0.39 is 0 Å². The lowest BCUT2D eigenvalue weighted by atomic mass is 10.1. The number of urea groups is 1. The topological polar surface area (TPSA) is 41.1 Å². The number of hydrogen-bond donors (Lipinski definition) is 2. The summed E-state index contributed by atoms with van der Waals surface area (Å²) in [5.41, 5.74) is 1.91. The van der Waals surface area contributed by atoms with Crippen LogP contribution in [0.2, 0.25) is 0 Å². The molecule has 0 spiro atoms. The van der Waals surface area contributed by atoms with Gasteiger partial charge in [-0.15, -0.1) is 0 Å². The summed E-state index contributed by atoms with van der Waals surface area (Å²) in [6.45, 7) is 6.05. The fourth-order valence-electron chi connectivity index (χ4n) is 1.07. The number of amides is 2. The smallest absolute Gasteiger partial charge is 0.319 e. The number of rotatable bonds is 1. The van der Waals surface area contributed by atoms with Crippen molar-refractivity contribution in [2.24, 2.45) is 0 Å². The Morgan fingerprint density at radius 2 is 2.33 bits per heavy atom. The largest absolute Gasteiger partial charge is 0.334 e. The van der Waals surface area contributed by atoms with Crippen molar-refractivity contribution in [1.29, 1.82) is 0 Å². The molecule has 0 radical (unpaired) electrons. The number of hydrogen-bond acceptors (Lipinski definition) is 1. The van der Waals surface area contributed by atoms with Crippen LogP contribution in [0.3, 0.4) is 0 Å². The fraction of sp³-hybridized carbons (Fsp3) is 0.222. The summed E-state index contributed by atoms with van der Waals surface area (Å²) < 4.78 is 0. The number of nitrogens with one attached hydrogen (secondary N) is 2. The molecule has 0 aromatic rings. The van der Waals surface area contributed by atoms with Crippen molar-refractivity contribution < 1.29 is 4.79 Å². The van der Waals surface area contributed by atoms with Gasteiger partial charge in [-0.05, 0) is 12.5 Å². The standard InChI is InChI=1S/C9H12N2O/c1-3-5-7-6-10-9(12)11-8(7)4-2/h3-5H,1,6H2,2H3,(H2,10,11,12)/b7-5-,8-4+. The molecule has 1 heterocycles. The Kier molecular flexibility index (Phi) is 2.69. The summed E-state index contributed by atoms with van der Waals surface area (Å²) in [7, 11) is 0. The van der Waals surface area contributed by atoms with Crippen molar-refractivity contribution in [1.82, 2.24) is 10.6 Å². The molecule has 3 heteroatoms. The maximum atomic E-state index is 10.9. The average Bonchev–Trinajstić information content (AvgIpc) is 2.08. The predicted molar refractivity (Wildman–Crippen MR) is 48.6 cm³/mol. The van der Waals surface area contributed by atoms with Crippen LogP contribution >= 0.6 is 0 Å². The second-order valence-electron chi connectivity index (χ2n) is 2.44. The van der Waals surface area contributed by atoms with E-state index in [1.165, 1.54) is 0 Å². The Bertz CT molecular complexity index is 264. The number of allylic oxidation sites excluding steroid dienone is 3. The zero-order valence-corrected chi connectivity index (χ0v) is 7.05. The van der Waals surface area contributed by atoms with Crippen LogP contribution in [0.4, 0.5) is 4.79 Å². The van der Waals surface area contributed by atoms with Crippen LogP contribution in [-0.2, 0) is 0 Å². The molecule has 3 nitrogen and oxygen atoms in total. The molecule has 2 N–H and O–H groups in total. The molecule has 1 aliphatic rings. The minimum atomic E-state index is -0.149. The van der Waals surface area contributed by atoms with E-state index in [0.29, 0.717) is 6.54 Å². The van der Waals surface area contributed by atoms with Crippen molar-refractivity contribution in [3.63, 3.8) is 0 Å². The van der Waals surface area contributed by atoms with E-state index in [1.807, 2.05) is 19.1 Å². The van der Waals surface area contributed by atoms with Crippen LogP contribution in [0.1, 0.15) is 6.92 Å². The van der Waals surface area contributed by atoms with E-state index in [0.717, 1.165) is 11.3 Å². The Morgan fingerprint density at radius 3 is 2.92 bits per heavy atom. The molecule has 1 fully saturated rings. The second kappa shape index (κ2) is 3.76. The molecule has 2 amide bonds. The summed E-state index contributed by atoms with van der Waals surface area (Å²) in [4.78, 5) is 10.9. The molecule has 12 heavy (non-hydrogen) atoms. The molecule has 0 aromatic carbocycles. The quantitative estimate of drug-likeness (QED) is 0.603. The Hall–Kier alpha value is -1.51. The summed E-state index contributed by atoms with van der Waals surface area (Å²) in [5.74, 6) is 0. The van der Waals surface area contributed by atoms with Crippen LogP contribution in [-0.4, -0.2) is 12.6 Å². The van der Waals surface area contributed by atoms with Crippen molar-refractivity contribution in [3.8, 4) is 0 Å². The van der Waals surface area contributed by atoms with Crippen LogP contribution in [0.25, 0.3) is 0 Å². The maximum Gasteiger partial charge on any atom is 0.319 e. The molecule has 1 rings (SSSR count). The van der Waals surface area contributed by atoms with Gasteiger partial charge in [-0.1, -0.05) is 24.8 Å². The average molecular weight is 164 g/mol. The van der Waals surface area contributed by atoms with Gasteiger partial charge in [0.05, 0.1) is 0 Å². The number of carbonyl (C=O) groups excluding carboxylic acids is 1. The van der Waals surface area contributed by atoms with Gasteiger partial charge >= 0.3 is 6.03 Å². The van der Waals surface area contributed by atoms with Gasteiger partial charge in [0.1, 0.15) is 0 Å². The maximum absolute atomic E-state index is 10.9. The monoisotopic (exact) mass is 164 g/mol. The number of carbonyl (C=O) groups is 1. The lowest BCUT2D eigenvalue weighted by Crippen LogP contribution is -2.42. The first kappa shape index (κ1) is 8.59. The lowest BCUT2D eigenvalue weighted by molar-refractivity contribution is 0.242. The molecule has 0 aromatic heterocycles. The minimum Gasteiger partial charge on any atom is -0.334 e. The molecular formula is C9H12N2O. The molecule has 0 aliphatic carbocycles. The van der Waals surface area contributed by atoms with E-state index in [2.05, 4.69) is 17.2 Å². The van der Waals surface area contributed by atoms with Crippen molar-refractivity contribution in [2.45, 2.75) is 6.92 Å². The van der Waals surface area contributed by atoms with Crippen LogP contribution in [0.5, 0.6) is 0 Å². The SMILES string of the molecule is C=C/C=C1/CNC(=O)N/C1=C/C. The molecule has 0 saturated carbocycles. The third kappa shape index (κ3) is 1.75. The van der Waals surface area contributed by atoms with Gasteiger partial charge in [0, 0.05) is 12.2 Å². The molecular weight excluding hydrogens is 152 g/mol. The zero-order chi connectivity index (χ0) is 8.97. The molecule has 0 unspecified atom stereocenters. The summed E-state index contributed by atoms with van der Waals surface area (Å²) in [6.07, 6.45) is 5.45. The highest BCUT2D eigenvalue weighted by Crippen LogP contribution is 2.09. The van der Waals surface area contributed by atoms with Crippen molar-refractivity contribution >= 4 is 6.03 Å². The van der Waals surface area contributed by atoms with Gasteiger partial charge in [0.15, 0.2) is 0 Å². The molecule has 0 atom stereocenters. The van der Waals surface area contributed by atoms with E-state index >= 15 is 0 Å². The zero-order valence-electron chi connectivity index (χ0n) is 7.05. The van der Waals surface area contributed by atoms with E-state index in [1.54, 1.807) is 6.08 Å². The molecule has 64 valence electrons. The third-order valence-corrected chi connectivity index (χ3v) is 1.64. The van der Waals surface area contributed by atoms with Crippen molar-refractivity contribution in [2.75, 3.05) is 6.54 Å². The van der Waals surface area contributed by atoms with Crippen LogP contribution in [0.15, 0.2) is 36.1 Å². The second-order valence-corrected chi connectivity index (χ2v) is 2.44. The van der Waals surface area contributed by atoms with Gasteiger partial charge in [0.2, 0.25) is 0 Å². The molecule has 1 aliphatic heterocycles. The Morgan fingerprint density at radius 1 is 1.58 bits per heavy atom.